The zero-order valence-electron chi connectivity index (χ0n) is 12.0. The van der Waals surface area contributed by atoms with Gasteiger partial charge >= 0.3 is 0 Å². The highest BCUT2D eigenvalue weighted by Crippen LogP contribution is 2.20. The topological polar surface area (TPSA) is 52.6 Å². The highest BCUT2D eigenvalue weighted by molar-refractivity contribution is 7.10. The van der Waals surface area contributed by atoms with Crippen molar-refractivity contribution in [3.63, 3.8) is 0 Å². The van der Waals surface area contributed by atoms with Gasteiger partial charge in [0.15, 0.2) is 0 Å². The molecule has 112 valence electrons. The van der Waals surface area contributed by atoms with E-state index in [-0.39, 0.29) is 12.5 Å². The van der Waals surface area contributed by atoms with Crippen LogP contribution in [0.25, 0.3) is 0 Å². The maximum absolute atomic E-state index is 11.6. The summed E-state index contributed by atoms with van der Waals surface area (Å²) >= 11 is 1.53. The molecule has 5 heteroatoms. The van der Waals surface area contributed by atoms with E-state index < -0.39 is 6.10 Å². The molecule has 0 aliphatic carbocycles. The van der Waals surface area contributed by atoms with Crippen LogP contribution in [-0.2, 0) is 11.3 Å². The van der Waals surface area contributed by atoms with Gasteiger partial charge in [-0.25, -0.2) is 0 Å². The number of amides is 1. The zero-order chi connectivity index (χ0) is 15.1. The molecule has 21 heavy (non-hydrogen) atoms. The van der Waals surface area contributed by atoms with E-state index in [1.807, 2.05) is 52.7 Å². The molecule has 1 unspecified atom stereocenters. The Balaban J connectivity index is 2.03. The predicted molar refractivity (Wildman–Crippen MR) is 85.1 cm³/mol. The molecule has 0 saturated heterocycles. The van der Waals surface area contributed by atoms with Gasteiger partial charge < -0.3 is 10.4 Å². The number of nitrogens with one attached hydrogen (secondary N) is 1. The molecule has 0 saturated carbocycles. The average Bonchev–Trinajstić information content (AvgIpc) is 3.02. The maximum atomic E-state index is 11.6. The van der Waals surface area contributed by atoms with Crippen LogP contribution < -0.4 is 5.32 Å². The highest BCUT2D eigenvalue weighted by atomic mass is 32.1. The zero-order valence-corrected chi connectivity index (χ0v) is 12.8. The van der Waals surface area contributed by atoms with Gasteiger partial charge in [-0.15, -0.1) is 11.3 Å². The molecule has 0 bridgehead atoms. The molecule has 4 nitrogen and oxygen atoms in total. The summed E-state index contributed by atoms with van der Waals surface area (Å²) in [5, 5.41) is 14.9. The van der Waals surface area contributed by atoms with Crippen molar-refractivity contribution in [3.05, 3.63) is 58.3 Å². The third-order valence-electron chi connectivity index (χ3n) is 3.20. The molecule has 1 amide bonds. The lowest BCUT2D eigenvalue weighted by atomic mass is 10.2. The normalized spacial score (nSPS) is 12.3. The monoisotopic (exact) mass is 304 g/mol. The Kier molecular flexibility index (Phi) is 5.92. The van der Waals surface area contributed by atoms with Gasteiger partial charge in [-0.3, -0.25) is 9.69 Å². The van der Waals surface area contributed by atoms with Crippen LogP contribution in [-0.4, -0.2) is 36.1 Å². The molecular weight excluding hydrogens is 284 g/mol. The molecule has 0 spiro atoms. The number of aliphatic hydroxyl groups is 1. The van der Waals surface area contributed by atoms with Crippen molar-refractivity contribution in [1.29, 1.82) is 0 Å². The van der Waals surface area contributed by atoms with E-state index in [2.05, 4.69) is 5.32 Å². The van der Waals surface area contributed by atoms with Crippen molar-refractivity contribution in [1.82, 2.24) is 10.2 Å². The Morgan fingerprint density at radius 1 is 1.29 bits per heavy atom. The molecule has 1 aromatic carbocycles. The number of aliphatic hydroxyl groups excluding tert-OH is 1. The van der Waals surface area contributed by atoms with Crippen molar-refractivity contribution >= 4 is 17.2 Å². The minimum Gasteiger partial charge on any atom is -0.386 e. The smallest absolute Gasteiger partial charge is 0.233 e. The number of hydrogen-bond acceptors (Lipinski definition) is 4. The number of rotatable bonds is 7. The second-order valence-electron chi connectivity index (χ2n) is 4.86. The van der Waals surface area contributed by atoms with E-state index in [1.165, 1.54) is 11.3 Å². The first kappa shape index (κ1) is 15.7. The summed E-state index contributed by atoms with van der Waals surface area (Å²) in [5.41, 5.74) is 1.12. The first-order chi connectivity index (χ1) is 10.2. The molecule has 2 aromatic rings. The maximum Gasteiger partial charge on any atom is 0.233 e. The van der Waals surface area contributed by atoms with Crippen LogP contribution in [0.3, 0.4) is 0 Å². The standard InChI is InChI=1S/C16H20N2O2S/c1-17-16(20)12-18(10-13-6-3-2-4-7-13)11-14(19)15-8-5-9-21-15/h2-9,14,19H,10-12H2,1H3,(H,17,20). The van der Waals surface area contributed by atoms with Crippen LogP contribution in [0.2, 0.25) is 0 Å². The minimum atomic E-state index is -0.571. The molecule has 0 fully saturated rings. The Morgan fingerprint density at radius 2 is 2.05 bits per heavy atom. The lowest BCUT2D eigenvalue weighted by Gasteiger charge is -2.24. The van der Waals surface area contributed by atoms with E-state index >= 15 is 0 Å². The lowest BCUT2D eigenvalue weighted by Crippen LogP contribution is -2.37. The van der Waals surface area contributed by atoms with Crippen LogP contribution in [0.4, 0.5) is 0 Å². The number of thiophene rings is 1. The van der Waals surface area contributed by atoms with Crippen molar-refractivity contribution in [2.24, 2.45) is 0 Å². The molecule has 2 N–H and O–H groups in total. The van der Waals surface area contributed by atoms with Crippen molar-refractivity contribution in [2.45, 2.75) is 12.6 Å². The van der Waals surface area contributed by atoms with Crippen LogP contribution in [0.15, 0.2) is 47.8 Å². The fraction of sp³-hybridized carbons (Fsp3) is 0.312. The average molecular weight is 304 g/mol. The minimum absolute atomic E-state index is 0.0516. The fourth-order valence-corrected chi connectivity index (χ4v) is 2.83. The summed E-state index contributed by atoms with van der Waals surface area (Å²) in [6.07, 6.45) is -0.571. The van der Waals surface area contributed by atoms with E-state index in [0.29, 0.717) is 13.1 Å². The third-order valence-corrected chi connectivity index (χ3v) is 4.17. The number of nitrogens with zero attached hydrogens (tertiary/aromatic N) is 1. The summed E-state index contributed by atoms with van der Waals surface area (Å²) in [6.45, 7) is 1.34. The van der Waals surface area contributed by atoms with Gasteiger partial charge in [-0.05, 0) is 17.0 Å². The van der Waals surface area contributed by atoms with Gasteiger partial charge in [0.25, 0.3) is 0 Å². The van der Waals surface area contributed by atoms with Crippen LogP contribution in [0, 0.1) is 0 Å². The van der Waals surface area contributed by atoms with E-state index in [9.17, 15) is 9.90 Å². The number of carbonyl (C=O) groups is 1. The fourth-order valence-electron chi connectivity index (χ4n) is 2.12. The third kappa shape index (κ3) is 4.97. The van der Waals surface area contributed by atoms with E-state index in [0.717, 1.165) is 10.4 Å². The van der Waals surface area contributed by atoms with Gasteiger partial charge in [-0.1, -0.05) is 36.4 Å². The summed E-state index contributed by atoms with van der Waals surface area (Å²) in [4.78, 5) is 14.5. The largest absolute Gasteiger partial charge is 0.386 e. The molecular formula is C16H20N2O2S. The van der Waals surface area contributed by atoms with E-state index in [4.69, 9.17) is 0 Å². The first-order valence-electron chi connectivity index (χ1n) is 6.87. The summed E-state index contributed by atoms with van der Waals surface area (Å²) < 4.78 is 0. The SMILES string of the molecule is CNC(=O)CN(Cc1ccccc1)CC(O)c1cccs1. The van der Waals surface area contributed by atoms with Gasteiger partial charge in [0, 0.05) is 25.0 Å². The lowest BCUT2D eigenvalue weighted by molar-refractivity contribution is -0.122. The Labute approximate surface area is 129 Å². The number of carbonyl (C=O) groups excluding carboxylic acids is 1. The molecule has 2 rings (SSSR count). The Hall–Kier alpha value is -1.69. The molecule has 0 aliphatic rings. The van der Waals surface area contributed by atoms with Gasteiger partial charge in [0.05, 0.1) is 6.54 Å². The van der Waals surface area contributed by atoms with E-state index in [1.54, 1.807) is 7.05 Å². The summed E-state index contributed by atoms with van der Waals surface area (Å²) in [7, 11) is 1.62. The summed E-state index contributed by atoms with van der Waals surface area (Å²) in [5.74, 6) is -0.0516. The first-order valence-corrected chi connectivity index (χ1v) is 7.75. The Bertz CT molecular complexity index is 543. The van der Waals surface area contributed by atoms with Gasteiger partial charge in [0.1, 0.15) is 6.10 Å². The predicted octanol–water partition coefficient (Wildman–Crippen LogP) is 2.03. The van der Waals surface area contributed by atoms with Crippen molar-refractivity contribution in [2.75, 3.05) is 20.1 Å². The molecule has 1 heterocycles. The van der Waals surface area contributed by atoms with Gasteiger partial charge in [-0.2, -0.15) is 0 Å². The molecule has 0 aliphatic heterocycles. The Morgan fingerprint density at radius 3 is 2.67 bits per heavy atom. The van der Waals surface area contributed by atoms with Crippen molar-refractivity contribution in [3.8, 4) is 0 Å². The van der Waals surface area contributed by atoms with Crippen molar-refractivity contribution < 1.29 is 9.90 Å². The summed E-state index contributed by atoms with van der Waals surface area (Å²) in [6, 6.07) is 13.8. The number of benzene rings is 1. The molecule has 0 radical (unpaired) electrons. The second kappa shape index (κ2) is 7.93. The number of hydrogen-bond donors (Lipinski definition) is 2. The number of likely N-dealkylation sites (N-methyl/N-ethyl adjacent to an activating group) is 1. The van der Waals surface area contributed by atoms with Crippen LogP contribution in [0.5, 0.6) is 0 Å². The van der Waals surface area contributed by atoms with Crippen LogP contribution in [0.1, 0.15) is 16.5 Å². The molecule has 1 aromatic heterocycles. The molecule has 1 atom stereocenters. The quantitative estimate of drug-likeness (QED) is 0.823. The second-order valence-corrected chi connectivity index (χ2v) is 5.84. The van der Waals surface area contributed by atoms with Gasteiger partial charge in [0.2, 0.25) is 5.91 Å². The highest BCUT2D eigenvalue weighted by Gasteiger charge is 2.17. The van der Waals surface area contributed by atoms with Crippen LogP contribution >= 0.6 is 11.3 Å².